The molecule has 2 aromatic carbocycles. The van der Waals surface area contributed by atoms with Gasteiger partial charge in [-0.2, -0.15) is 26.3 Å². The van der Waals surface area contributed by atoms with E-state index in [2.05, 4.69) is 10.2 Å². The third kappa shape index (κ3) is 5.14. The van der Waals surface area contributed by atoms with Gasteiger partial charge in [-0.1, -0.05) is 11.3 Å². The van der Waals surface area contributed by atoms with Crippen LogP contribution in [-0.2, 0) is 17.9 Å². The number of hydrogen-bond acceptors (Lipinski definition) is 6. The van der Waals surface area contributed by atoms with Crippen LogP contribution in [0.3, 0.4) is 0 Å². The Bertz CT molecular complexity index is 1060. The van der Waals surface area contributed by atoms with Crippen molar-refractivity contribution < 1.29 is 36.2 Å². The summed E-state index contributed by atoms with van der Waals surface area (Å²) < 4.78 is 84.0. The number of nitrogens with two attached hydrogens (primary N) is 1. The number of aliphatic hydroxyl groups excluding tert-OH is 1. The van der Waals surface area contributed by atoms with Crippen molar-refractivity contribution in [3.8, 4) is 22.1 Å². The van der Waals surface area contributed by atoms with Gasteiger partial charge in [-0.25, -0.2) is 0 Å². The summed E-state index contributed by atoms with van der Waals surface area (Å²) in [5.74, 6) is -0.772. The first-order valence-corrected chi connectivity index (χ1v) is 9.43. The monoisotopic (exact) mass is 463 g/mol. The van der Waals surface area contributed by atoms with E-state index in [9.17, 15) is 31.4 Å². The molecule has 1 atom stereocenters. The highest BCUT2D eigenvalue weighted by atomic mass is 32.1. The van der Waals surface area contributed by atoms with Crippen molar-refractivity contribution in [3.63, 3.8) is 0 Å². The van der Waals surface area contributed by atoms with Gasteiger partial charge in [0.2, 0.25) is 0 Å². The normalized spacial score (nSPS) is 14.4. The summed E-state index contributed by atoms with van der Waals surface area (Å²) in [5, 5.41) is 17.3. The fourth-order valence-electron chi connectivity index (χ4n) is 2.45. The Morgan fingerprint density at radius 1 is 0.968 bits per heavy atom. The molecule has 0 aliphatic heterocycles. The van der Waals surface area contributed by atoms with Gasteiger partial charge in [0, 0.05) is 5.56 Å². The number of halogens is 6. The van der Waals surface area contributed by atoms with Crippen molar-refractivity contribution in [2.45, 2.75) is 24.8 Å². The number of aliphatic hydroxyl groups is 1. The van der Waals surface area contributed by atoms with Crippen molar-refractivity contribution in [1.29, 1.82) is 0 Å². The molecule has 0 aliphatic rings. The fraction of sp³-hybridized carbons (Fsp3) is 0.263. The van der Waals surface area contributed by atoms with Crippen LogP contribution < -0.4 is 10.5 Å². The lowest BCUT2D eigenvalue weighted by atomic mass is 10.1. The molecule has 0 spiro atoms. The number of ether oxygens (including phenoxy) is 1. The first kappa shape index (κ1) is 23.0. The number of benzene rings is 2. The predicted molar refractivity (Wildman–Crippen MR) is 100 cm³/mol. The third-order valence-electron chi connectivity index (χ3n) is 4.18. The molecule has 12 heteroatoms. The van der Waals surface area contributed by atoms with E-state index in [1.54, 1.807) is 0 Å². The second-order valence-electron chi connectivity index (χ2n) is 6.82. The molecule has 0 bridgehead atoms. The van der Waals surface area contributed by atoms with E-state index in [1.807, 2.05) is 0 Å². The number of hydrogen-bond donors (Lipinski definition) is 2. The van der Waals surface area contributed by atoms with E-state index >= 15 is 0 Å². The Morgan fingerprint density at radius 3 is 2.16 bits per heavy atom. The second kappa shape index (κ2) is 8.09. The number of nitrogens with zero attached hydrogens (tertiary/aromatic N) is 2. The highest BCUT2D eigenvalue weighted by molar-refractivity contribution is 7.14. The van der Waals surface area contributed by atoms with E-state index in [-0.39, 0.29) is 21.3 Å². The van der Waals surface area contributed by atoms with Crippen molar-refractivity contribution in [2.75, 3.05) is 6.61 Å². The lowest BCUT2D eigenvalue weighted by molar-refractivity contribution is -0.138. The predicted octanol–water partition coefficient (Wildman–Crippen LogP) is 5.20. The van der Waals surface area contributed by atoms with Gasteiger partial charge in [-0.05, 0) is 49.4 Å². The van der Waals surface area contributed by atoms with Gasteiger partial charge in [0.05, 0.1) is 23.3 Å². The molecule has 3 aromatic rings. The molecule has 1 aromatic heterocycles. The van der Waals surface area contributed by atoms with Gasteiger partial charge >= 0.3 is 12.4 Å². The van der Waals surface area contributed by atoms with Gasteiger partial charge in [-0.15, -0.1) is 10.2 Å². The van der Waals surface area contributed by atoms with Crippen LogP contribution in [0.15, 0.2) is 42.5 Å². The van der Waals surface area contributed by atoms with E-state index in [4.69, 9.17) is 10.5 Å². The first-order valence-electron chi connectivity index (χ1n) is 8.62. The molecule has 166 valence electrons. The Hall–Kier alpha value is -2.70. The molecular formula is C19H15F6N3O2S. The Balaban J connectivity index is 1.94. The average Bonchev–Trinajstić information content (AvgIpc) is 3.18. The minimum atomic E-state index is -4.81. The van der Waals surface area contributed by atoms with Crippen molar-refractivity contribution >= 4 is 11.3 Å². The van der Waals surface area contributed by atoms with Crippen molar-refractivity contribution in [3.05, 3.63) is 58.6 Å². The van der Waals surface area contributed by atoms with E-state index in [0.29, 0.717) is 12.1 Å². The molecule has 3 rings (SSSR count). The summed E-state index contributed by atoms with van der Waals surface area (Å²) in [6, 6.07) is 6.46. The van der Waals surface area contributed by atoms with Crippen molar-refractivity contribution in [1.82, 2.24) is 10.2 Å². The van der Waals surface area contributed by atoms with Crippen LogP contribution in [0.2, 0.25) is 0 Å². The standard InChI is InChI=1S/C19H15F6N3O2S/c1-17(26,9-29)16-28-27-15(31-16)10-2-7-14(13(8-10)19(23,24)25)30-12-5-3-11(4-6-12)18(20,21)22/h2-8,29H,9,26H2,1H3/t17-/m0/s1. The molecule has 5 nitrogen and oxygen atoms in total. The lowest BCUT2D eigenvalue weighted by Crippen LogP contribution is -2.36. The van der Waals surface area contributed by atoms with Crippen LogP contribution in [-0.4, -0.2) is 21.9 Å². The third-order valence-corrected chi connectivity index (χ3v) is 5.44. The van der Waals surface area contributed by atoms with E-state index < -0.39 is 41.4 Å². The fourth-order valence-corrected chi connectivity index (χ4v) is 3.34. The Kier molecular flexibility index (Phi) is 6.00. The topological polar surface area (TPSA) is 81.3 Å². The maximum atomic E-state index is 13.6. The van der Waals surface area contributed by atoms with Crippen LogP contribution in [0, 0.1) is 0 Å². The zero-order valence-electron chi connectivity index (χ0n) is 15.8. The number of rotatable bonds is 5. The van der Waals surface area contributed by atoms with E-state index in [1.165, 1.54) is 13.0 Å². The number of alkyl halides is 6. The summed E-state index contributed by atoms with van der Waals surface area (Å²) in [6.07, 6.45) is -9.38. The molecule has 0 radical (unpaired) electrons. The first-order chi connectivity index (χ1) is 14.3. The zero-order valence-corrected chi connectivity index (χ0v) is 16.6. The minimum Gasteiger partial charge on any atom is -0.457 e. The molecule has 0 fully saturated rings. The highest BCUT2D eigenvalue weighted by Gasteiger charge is 2.36. The molecule has 0 saturated heterocycles. The smallest absolute Gasteiger partial charge is 0.420 e. The van der Waals surface area contributed by atoms with Crippen LogP contribution >= 0.6 is 11.3 Å². The summed E-state index contributed by atoms with van der Waals surface area (Å²) in [6.45, 7) is 1.06. The summed E-state index contributed by atoms with van der Waals surface area (Å²) in [7, 11) is 0. The van der Waals surface area contributed by atoms with Gasteiger partial charge in [0.25, 0.3) is 0 Å². The molecule has 3 N–H and O–H groups in total. The highest BCUT2D eigenvalue weighted by Crippen LogP contribution is 2.41. The Labute approximate surface area is 176 Å². The van der Waals surface area contributed by atoms with Gasteiger partial charge in [0.1, 0.15) is 21.5 Å². The molecule has 0 unspecified atom stereocenters. The summed E-state index contributed by atoms with van der Waals surface area (Å²) in [4.78, 5) is 0. The van der Waals surface area contributed by atoms with Gasteiger partial charge < -0.3 is 15.6 Å². The van der Waals surface area contributed by atoms with Crippen LogP contribution in [0.5, 0.6) is 11.5 Å². The quantitative estimate of drug-likeness (QED) is 0.509. The molecule has 1 heterocycles. The second-order valence-corrected chi connectivity index (χ2v) is 7.80. The molecule has 0 aliphatic carbocycles. The van der Waals surface area contributed by atoms with Crippen LogP contribution in [0.25, 0.3) is 10.6 Å². The molecular weight excluding hydrogens is 448 g/mol. The van der Waals surface area contributed by atoms with Crippen LogP contribution in [0.4, 0.5) is 26.3 Å². The maximum absolute atomic E-state index is 13.6. The lowest BCUT2D eigenvalue weighted by Gasteiger charge is -2.17. The number of aromatic nitrogens is 2. The Morgan fingerprint density at radius 2 is 1.61 bits per heavy atom. The summed E-state index contributed by atoms with van der Waals surface area (Å²) in [5.41, 5.74) is 2.66. The van der Waals surface area contributed by atoms with Crippen LogP contribution in [0.1, 0.15) is 23.1 Å². The molecule has 31 heavy (non-hydrogen) atoms. The van der Waals surface area contributed by atoms with E-state index in [0.717, 1.165) is 35.6 Å². The molecule has 0 saturated carbocycles. The van der Waals surface area contributed by atoms with Gasteiger partial charge in [0.15, 0.2) is 0 Å². The SMILES string of the molecule is C[C@](N)(CO)c1nnc(-c2ccc(Oc3ccc(C(F)(F)F)cc3)c(C(F)(F)F)c2)s1. The van der Waals surface area contributed by atoms with Crippen molar-refractivity contribution in [2.24, 2.45) is 5.73 Å². The summed E-state index contributed by atoms with van der Waals surface area (Å²) >= 11 is 0.929. The van der Waals surface area contributed by atoms with Gasteiger partial charge in [-0.3, -0.25) is 0 Å². The minimum absolute atomic E-state index is 0.0876. The maximum Gasteiger partial charge on any atom is 0.420 e. The molecule has 0 amide bonds. The largest absolute Gasteiger partial charge is 0.457 e. The zero-order chi connectivity index (χ0) is 23.0. The average molecular weight is 463 g/mol.